The zero-order chi connectivity index (χ0) is 16.1. The molecule has 2 amide bonds. The third-order valence-corrected chi connectivity index (χ3v) is 3.21. The summed E-state index contributed by atoms with van der Waals surface area (Å²) in [6.07, 6.45) is 1.21. The molecule has 0 unspecified atom stereocenters. The third-order valence-electron chi connectivity index (χ3n) is 3.21. The van der Waals surface area contributed by atoms with E-state index in [0.29, 0.717) is 35.2 Å². The molecule has 1 heterocycles. The van der Waals surface area contributed by atoms with Crippen molar-refractivity contribution in [2.45, 2.75) is 26.7 Å². The lowest BCUT2D eigenvalue weighted by Crippen LogP contribution is -2.33. The molecule has 7 nitrogen and oxygen atoms in total. The quantitative estimate of drug-likeness (QED) is 0.685. The SMILES string of the molecule is CC(C)CCC(=O)NCC(=O)Nc1cc2c(cc1N)OCO2.Cl. The van der Waals surface area contributed by atoms with Gasteiger partial charge >= 0.3 is 0 Å². The zero-order valence-electron chi connectivity index (χ0n) is 13.2. The molecule has 0 fully saturated rings. The molecule has 1 aliphatic heterocycles. The highest BCUT2D eigenvalue weighted by atomic mass is 35.5. The van der Waals surface area contributed by atoms with Crippen molar-refractivity contribution in [2.75, 3.05) is 24.4 Å². The Morgan fingerprint density at radius 2 is 1.87 bits per heavy atom. The number of hydrogen-bond acceptors (Lipinski definition) is 5. The van der Waals surface area contributed by atoms with Gasteiger partial charge < -0.3 is 25.8 Å². The fourth-order valence-electron chi connectivity index (χ4n) is 1.95. The van der Waals surface area contributed by atoms with Crippen molar-refractivity contribution in [1.29, 1.82) is 0 Å². The maximum atomic E-state index is 11.9. The Hall–Kier alpha value is -2.15. The second-order valence-corrected chi connectivity index (χ2v) is 5.55. The maximum Gasteiger partial charge on any atom is 0.243 e. The Bertz CT molecular complexity index is 578. The third kappa shape index (κ3) is 5.52. The molecule has 0 atom stereocenters. The van der Waals surface area contributed by atoms with Gasteiger partial charge in [0.25, 0.3) is 0 Å². The molecule has 0 bridgehead atoms. The van der Waals surface area contributed by atoms with Crippen LogP contribution in [0, 0.1) is 5.92 Å². The van der Waals surface area contributed by atoms with Crippen LogP contribution in [0.3, 0.4) is 0 Å². The minimum absolute atomic E-state index is 0. The smallest absolute Gasteiger partial charge is 0.243 e. The van der Waals surface area contributed by atoms with Gasteiger partial charge in [0.15, 0.2) is 11.5 Å². The monoisotopic (exact) mass is 343 g/mol. The van der Waals surface area contributed by atoms with Crippen LogP contribution in [-0.2, 0) is 9.59 Å². The summed E-state index contributed by atoms with van der Waals surface area (Å²) in [6, 6.07) is 3.20. The number of nitrogens with two attached hydrogens (primary N) is 1. The first-order valence-corrected chi connectivity index (χ1v) is 7.21. The number of fused-ring (bicyclic) bond motifs is 1. The standard InChI is InChI=1S/C15H21N3O4.ClH/c1-9(2)3-4-14(19)17-7-15(20)18-11-6-13-12(5-10(11)16)21-8-22-13;/h5-6,9H,3-4,7-8,16H2,1-2H3,(H,17,19)(H,18,20);1H. The molecule has 1 aliphatic rings. The molecule has 1 aromatic rings. The highest BCUT2D eigenvalue weighted by Crippen LogP contribution is 2.38. The predicted octanol–water partition coefficient (Wildman–Crippen LogP) is 1.91. The van der Waals surface area contributed by atoms with E-state index < -0.39 is 0 Å². The number of anilines is 2. The Balaban J connectivity index is 0.00000264. The van der Waals surface area contributed by atoms with Gasteiger partial charge in [0.2, 0.25) is 18.6 Å². The fraction of sp³-hybridized carbons (Fsp3) is 0.467. The van der Waals surface area contributed by atoms with E-state index in [0.717, 1.165) is 6.42 Å². The van der Waals surface area contributed by atoms with Crippen molar-refractivity contribution in [3.05, 3.63) is 12.1 Å². The molecular formula is C15H22ClN3O4. The van der Waals surface area contributed by atoms with E-state index in [1.807, 2.05) is 13.8 Å². The summed E-state index contributed by atoms with van der Waals surface area (Å²) in [5.74, 6) is 1.06. The number of carbonyl (C=O) groups is 2. The van der Waals surface area contributed by atoms with Gasteiger partial charge in [0, 0.05) is 18.6 Å². The van der Waals surface area contributed by atoms with Gasteiger partial charge in [0.1, 0.15) is 0 Å². The number of ether oxygens (including phenoxy) is 2. The van der Waals surface area contributed by atoms with Crippen molar-refractivity contribution in [1.82, 2.24) is 5.32 Å². The average molecular weight is 344 g/mol. The first kappa shape index (κ1) is 18.9. The molecule has 0 aliphatic carbocycles. The van der Waals surface area contributed by atoms with E-state index in [1.54, 1.807) is 12.1 Å². The zero-order valence-corrected chi connectivity index (χ0v) is 14.0. The summed E-state index contributed by atoms with van der Waals surface area (Å²) in [6.45, 7) is 4.13. The molecule has 4 N–H and O–H groups in total. The minimum atomic E-state index is -0.344. The lowest BCUT2D eigenvalue weighted by Gasteiger charge is -2.10. The first-order chi connectivity index (χ1) is 10.5. The van der Waals surface area contributed by atoms with E-state index in [1.165, 1.54) is 0 Å². The number of hydrogen-bond donors (Lipinski definition) is 3. The van der Waals surface area contributed by atoms with Crippen molar-refractivity contribution in [2.24, 2.45) is 5.92 Å². The van der Waals surface area contributed by atoms with Crippen LogP contribution in [-0.4, -0.2) is 25.2 Å². The van der Waals surface area contributed by atoms with Gasteiger partial charge in [-0.05, 0) is 12.3 Å². The van der Waals surface area contributed by atoms with E-state index in [2.05, 4.69) is 10.6 Å². The van der Waals surface area contributed by atoms with Gasteiger partial charge in [-0.3, -0.25) is 9.59 Å². The Morgan fingerprint density at radius 1 is 1.22 bits per heavy atom. The number of rotatable bonds is 6. The lowest BCUT2D eigenvalue weighted by atomic mass is 10.1. The number of amides is 2. The molecule has 128 valence electrons. The molecule has 2 rings (SSSR count). The van der Waals surface area contributed by atoms with Gasteiger partial charge in [-0.15, -0.1) is 12.4 Å². The summed E-state index contributed by atoms with van der Waals surface area (Å²) in [4.78, 5) is 23.4. The molecular weight excluding hydrogens is 322 g/mol. The second kappa shape index (κ2) is 8.47. The lowest BCUT2D eigenvalue weighted by molar-refractivity contribution is -0.124. The van der Waals surface area contributed by atoms with Gasteiger partial charge in [-0.1, -0.05) is 13.8 Å². The van der Waals surface area contributed by atoms with Crippen LogP contribution in [0.5, 0.6) is 11.5 Å². The van der Waals surface area contributed by atoms with Gasteiger partial charge in [-0.2, -0.15) is 0 Å². The molecule has 0 saturated carbocycles. The fourth-order valence-corrected chi connectivity index (χ4v) is 1.95. The van der Waals surface area contributed by atoms with Crippen LogP contribution in [0.25, 0.3) is 0 Å². The number of benzene rings is 1. The predicted molar refractivity (Wildman–Crippen MR) is 89.9 cm³/mol. The average Bonchev–Trinajstić information content (AvgIpc) is 2.90. The molecule has 23 heavy (non-hydrogen) atoms. The normalized spacial score (nSPS) is 11.8. The van der Waals surface area contributed by atoms with Crippen LogP contribution in [0.1, 0.15) is 26.7 Å². The maximum absolute atomic E-state index is 11.9. The van der Waals surface area contributed by atoms with Crippen LogP contribution >= 0.6 is 12.4 Å². The second-order valence-electron chi connectivity index (χ2n) is 5.55. The van der Waals surface area contributed by atoms with Crippen LogP contribution < -0.4 is 25.8 Å². The van der Waals surface area contributed by atoms with Crippen LogP contribution in [0.2, 0.25) is 0 Å². The molecule has 8 heteroatoms. The van der Waals surface area contributed by atoms with Crippen LogP contribution in [0.4, 0.5) is 11.4 Å². The van der Waals surface area contributed by atoms with Gasteiger partial charge in [-0.25, -0.2) is 0 Å². The van der Waals surface area contributed by atoms with E-state index in [-0.39, 0.29) is 37.6 Å². The Kier molecular flexibility index (Phi) is 6.96. The largest absolute Gasteiger partial charge is 0.454 e. The summed E-state index contributed by atoms with van der Waals surface area (Å²) in [7, 11) is 0. The highest BCUT2D eigenvalue weighted by molar-refractivity contribution is 5.97. The molecule has 0 aromatic heterocycles. The summed E-state index contributed by atoms with van der Waals surface area (Å²) >= 11 is 0. The van der Waals surface area contributed by atoms with Gasteiger partial charge in [0.05, 0.1) is 17.9 Å². The van der Waals surface area contributed by atoms with Crippen molar-refractivity contribution in [3.8, 4) is 11.5 Å². The van der Waals surface area contributed by atoms with Crippen LogP contribution in [0.15, 0.2) is 12.1 Å². The topological polar surface area (TPSA) is 103 Å². The van der Waals surface area contributed by atoms with E-state index in [4.69, 9.17) is 15.2 Å². The Morgan fingerprint density at radius 3 is 2.52 bits per heavy atom. The summed E-state index contributed by atoms with van der Waals surface area (Å²) < 4.78 is 10.4. The number of nitrogen functional groups attached to an aromatic ring is 1. The number of halogens is 1. The van der Waals surface area contributed by atoms with Crippen molar-refractivity contribution >= 4 is 35.6 Å². The van der Waals surface area contributed by atoms with Crippen molar-refractivity contribution < 1.29 is 19.1 Å². The molecule has 0 saturated heterocycles. The molecule has 1 aromatic carbocycles. The number of nitrogens with one attached hydrogen (secondary N) is 2. The first-order valence-electron chi connectivity index (χ1n) is 7.21. The van der Waals surface area contributed by atoms with Crippen molar-refractivity contribution in [3.63, 3.8) is 0 Å². The Labute approximate surface area is 141 Å². The summed E-state index contributed by atoms with van der Waals surface area (Å²) in [5.41, 5.74) is 6.66. The summed E-state index contributed by atoms with van der Waals surface area (Å²) in [5, 5.41) is 5.23. The molecule has 0 radical (unpaired) electrons. The molecule has 0 spiro atoms. The van der Waals surface area contributed by atoms with E-state index in [9.17, 15) is 9.59 Å². The number of carbonyl (C=O) groups excluding carboxylic acids is 2. The van der Waals surface area contributed by atoms with E-state index >= 15 is 0 Å². The minimum Gasteiger partial charge on any atom is -0.454 e. The highest BCUT2D eigenvalue weighted by Gasteiger charge is 2.17.